The van der Waals surface area contributed by atoms with E-state index in [1.807, 2.05) is 38.1 Å². The summed E-state index contributed by atoms with van der Waals surface area (Å²) >= 11 is 6.14. The lowest BCUT2D eigenvalue weighted by molar-refractivity contribution is 0.225. The summed E-state index contributed by atoms with van der Waals surface area (Å²) in [5, 5.41) is 7.33. The van der Waals surface area contributed by atoms with Crippen molar-refractivity contribution in [2.75, 3.05) is 5.84 Å². The molecule has 0 saturated heterocycles. The Labute approximate surface area is 139 Å². The Hall–Kier alpha value is -2.28. The van der Waals surface area contributed by atoms with Crippen molar-refractivity contribution in [1.29, 1.82) is 0 Å². The molecule has 1 aromatic carbocycles. The lowest BCUT2D eigenvalue weighted by atomic mass is 9.95. The fraction of sp³-hybridized carbons (Fsp3) is 0.400. The molecule has 7 nitrogen and oxygen atoms in total. The number of aryl methyl sites for hydroxylation is 2. The Morgan fingerprint density at radius 3 is 2.61 bits per heavy atom. The molecule has 0 fully saturated rings. The topological polar surface area (TPSA) is 94.9 Å². The molecule has 124 valence electrons. The van der Waals surface area contributed by atoms with E-state index in [-0.39, 0.29) is 5.82 Å². The van der Waals surface area contributed by atoms with Crippen LogP contribution < -0.4 is 16.8 Å². The van der Waals surface area contributed by atoms with Gasteiger partial charge in [-0.1, -0.05) is 29.8 Å². The van der Waals surface area contributed by atoms with Gasteiger partial charge in [0, 0.05) is 10.6 Å². The van der Waals surface area contributed by atoms with Crippen LogP contribution in [0.5, 0.6) is 0 Å². The molecule has 0 saturated carbocycles. The van der Waals surface area contributed by atoms with Crippen molar-refractivity contribution >= 4 is 17.6 Å². The van der Waals surface area contributed by atoms with E-state index in [1.54, 1.807) is 6.92 Å². The minimum absolute atomic E-state index is 0.263. The fourth-order valence-corrected chi connectivity index (χ4v) is 2.39. The number of halogens is 1. The molecule has 0 bridgehead atoms. The molecule has 8 heteroatoms. The van der Waals surface area contributed by atoms with Crippen molar-refractivity contribution in [3.63, 3.8) is 0 Å². The van der Waals surface area contributed by atoms with Crippen LogP contribution in [0.2, 0.25) is 5.02 Å². The highest BCUT2D eigenvalue weighted by Crippen LogP contribution is 2.20. The van der Waals surface area contributed by atoms with E-state index in [1.165, 1.54) is 0 Å². The number of carbonyl (C=O) groups is 1. The van der Waals surface area contributed by atoms with E-state index < -0.39 is 17.3 Å². The van der Waals surface area contributed by atoms with Gasteiger partial charge in [-0.2, -0.15) is 4.68 Å². The number of nitrogen functional groups attached to an aromatic ring is 1. The molecule has 0 aliphatic carbocycles. The van der Waals surface area contributed by atoms with Crippen LogP contribution in [0.1, 0.15) is 31.7 Å². The largest absolute Gasteiger partial charge is 0.373 e. The molecule has 0 atom stereocenters. The first-order valence-electron chi connectivity index (χ1n) is 7.21. The van der Waals surface area contributed by atoms with Gasteiger partial charge in [-0.15, -0.1) is 9.78 Å². The van der Waals surface area contributed by atoms with Crippen molar-refractivity contribution in [3.8, 4) is 0 Å². The second-order valence-electron chi connectivity index (χ2n) is 6.02. The number of rotatable bonds is 4. The predicted molar refractivity (Wildman–Crippen MR) is 89.2 cm³/mol. The summed E-state index contributed by atoms with van der Waals surface area (Å²) in [7, 11) is 0. The molecule has 3 N–H and O–H groups in total. The van der Waals surface area contributed by atoms with E-state index in [9.17, 15) is 9.59 Å². The van der Waals surface area contributed by atoms with Gasteiger partial charge in [0.05, 0.1) is 0 Å². The number of carbonyl (C=O) groups excluding carboxylic acids is 1. The van der Waals surface area contributed by atoms with E-state index in [4.69, 9.17) is 17.4 Å². The monoisotopic (exact) mass is 337 g/mol. The summed E-state index contributed by atoms with van der Waals surface area (Å²) in [6, 6.07) is 6.97. The minimum Gasteiger partial charge on any atom is -0.333 e. The average molecular weight is 338 g/mol. The maximum Gasteiger partial charge on any atom is 0.373 e. The van der Waals surface area contributed by atoms with Crippen molar-refractivity contribution in [2.24, 2.45) is 0 Å². The van der Waals surface area contributed by atoms with Crippen molar-refractivity contribution in [2.45, 2.75) is 39.2 Å². The molecule has 1 aromatic heterocycles. The van der Waals surface area contributed by atoms with Gasteiger partial charge in [0.25, 0.3) is 0 Å². The number of benzene rings is 1. The van der Waals surface area contributed by atoms with Gasteiger partial charge in [0.1, 0.15) is 0 Å². The lowest BCUT2D eigenvalue weighted by Crippen LogP contribution is -2.49. The van der Waals surface area contributed by atoms with E-state index in [0.29, 0.717) is 17.9 Å². The molecule has 2 rings (SSSR count). The molecule has 1 amide bonds. The summed E-state index contributed by atoms with van der Waals surface area (Å²) in [4.78, 5) is 24.0. The van der Waals surface area contributed by atoms with Crippen LogP contribution in [0.15, 0.2) is 29.1 Å². The van der Waals surface area contributed by atoms with E-state index in [2.05, 4.69) is 10.4 Å². The molecule has 0 aliphatic heterocycles. The Kier molecular flexibility index (Phi) is 4.79. The number of aromatic nitrogens is 3. The molecule has 0 unspecified atom stereocenters. The Bertz CT molecular complexity index is 778. The van der Waals surface area contributed by atoms with Gasteiger partial charge < -0.3 is 11.2 Å². The van der Waals surface area contributed by atoms with Crippen molar-refractivity contribution in [1.82, 2.24) is 19.8 Å². The van der Waals surface area contributed by atoms with Crippen LogP contribution >= 0.6 is 11.6 Å². The zero-order valence-electron chi connectivity index (χ0n) is 13.3. The Morgan fingerprint density at radius 2 is 2.04 bits per heavy atom. The first kappa shape index (κ1) is 17.1. The van der Waals surface area contributed by atoms with Gasteiger partial charge in [-0.25, -0.2) is 9.59 Å². The van der Waals surface area contributed by atoms with Gasteiger partial charge in [0.15, 0.2) is 5.82 Å². The zero-order valence-corrected chi connectivity index (χ0v) is 14.1. The van der Waals surface area contributed by atoms with E-state index >= 15 is 0 Å². The zero-order chi connectivity index (χ0) is 17.2. The standard InChI is InChI=1S/C15H20ClN5O2/c1-10-19-21(14(23)20(10)17)13(22)18-15(2,3)9-8-11-6-4-5-7-12(11)16/h4-7H,8-9,17H2,1-3H3,(H,18,22). The van der Waals surface area contributed by atoms with Gasteiger partial charge in [-0.05, 0) is 45.2 Å². The number of hydrogen-bond donors (Lipinski definition) is 2. The van der Waals surface area contributed by atoms with Crippen LogP contribution in [0.25, 0.3) is 0 Å². The van der Waals surface area contributed by atoms with Crippen LogP contribution in [-0.4, -0.2) is 26.0 Å². The number of amides is 1. The highest BCUT2D eigenvalue weighted by molar-refractivity contribution is 6.31. The normalized spacial score (nSPS) is 11.5. The maximum atomic E-state index is 12.2. The Balaban J connectivity index is 2.05. The quantitative estimate of drug-likeness (QED) is 0.830. The first-order valence-corrected chi connectivity index (χ1v) is 7.59. The van der Waals surface area contributed by atoms with E-state index in [0.717, 1.165) is 14.9 Å². The average Bonchev–Trinajstić information content (AvgIpc) is 2.74. The van der Waals surface area contributed by atoms with Gasteiger partial charge in [-0.3, -0.25) is 0 Å². The van der Waals surface area contributed by atoms with Crippen molar-refractivity contribution in [3.05, 3.63) is 51.2 Å². The maximum absolute atomic E-state index is 12.2. The highest BCUT2D eigenvalue weighted by atomic mass is 35.5. The molecule has 0 radical (unpaired) electrons. The summed E-state index contributed by atoms with van der Waals surface area (Å²) in [5.74, 6) is 5.74. The lowest BCUT2D eigenvalue weighted by Gasteiger charge is -2.26. The summed E-state index contributed by atoms with van der Waals surface area (Å²) < 4.78 is 1.56. The molecule has 23 heavy (non-hydrogen) atoms. The SMILES string of the molecule is Cc1nn(C(=O)NC(C)(C)CCc2ccccc2Cl)c(=O)n1N. The molecular weight excluding hydrogens is 318 g/mol. The molecule has 0 aliphatic rings. The Morgan fingerprint density at radius 1 is 1.39 bits per heavy atom. The second-order valence-corrected chi connectivity index (χ2v) is 6.42. The second kappa shape index (κ2) is 6.45. The smallest absolute Gasteiger partial charge is 0.333 e. The number of nitrogens with zero attached hydrogens (tertiary/aromatic N) is 3. The first-order chi connectivity index (χ1) is 10.7. The van der Waals surface area contributed by atoms with Gasteiger partial charge >= 0.3 is 11.7 Å². The summed E-state index contributed by atoms with van der Waals surface area (Å²) in [5.41, 5.74) is -0.209. The predicted octanol–water partition coefficient (Wildman–Crippen LogP) is 1.69. The number of hydrogen-bond acceptors (Lipinski definition) is 4. The fourth-order valence-electron chi connectivity index (χ4n) is 2.16. The highest BCUT2D eigenvalue weighted by Gasteiger charge is 2.24. The molecule has 2 aromatic rings. The van der Waals surface area contributed by atoms with Crippen LogP contribution in [0, 0.1) is 6.92 Å². The third-order valence-corrected chi connectivity index (χ3v) is 3.96. The summed E-state index contributed by atoms with van der Waals surface area (Å²) in [6.45, 7) is 5.30. The molecule has 1 heterocycles. The molecular formula is C15H20ClN5O2. The van der Waals surface area contributed by atoms with Crippen molar-refractivity contribution < 1.29 is 4.79 Å². The summed E-state index contributed by atoms with van der Waals surface area (Å²) in [6.07, 6.45) is 1.35. The number of nitrogens with two attached hydrogens (primary N) is 1. The van der Waals surface area contributed by atoms with Crippen LogP contribution in [0.3, 0.4) is 0 Å². The minimum atomic E-state index is -0.679. The number of nitrogens with one attached hydrogen (secondary N) is 1. The third kappa shape index (κ3) is 3.92. The van der Waals surface area contributed by atoms with Gasteiger partial charge in [0.2, 0.25) is 0 Å². The third-order valence-electron chi connectivity index (χ3n) is 3.60. The molecule has 0 spiro atoms. The van der Waals surface area contributed by atoms with Crippen LogP contribution in [0.4, 0.5) is 4.79 Å². The van der Waals surface area contributed by atoms with Crippen LogP contribution in [-0.2, 0) is 6.42 Å².